The Kier molecular flexibility index (Phi) is 9.98. The molecule has 1 heterocycles. The van der Waals surface area contributed by atoms with Crippen LogP contribution in [0.15, 0.2) is 12.2 Å². The summed E-state index contributed by atoms with van der Waals surface area (Å²) in [6.45, 7) is 8.38. The van der Waals surface area contributed by atoms with Crippen molar-refractivity contribution in [1.82, 2.24) is 4.90 Å². The quantitative estimate of drug-likeness (QED) is 0.301. The van der Waals surface area contributed by atoms with E-state index in [1.54, 1.807) is 0 Å². The van der Waals surface area contributed by atoms with Crippen molar-refractivity contribution in [2.45, 2.75) is 13.3 Å². The van der Waals surface area contributed by atoms with Crippen LogP contribution in [0.4, 0.5) is 0 Å². The van der Waals surface area contributed by atoms with Gasteiger partial charge in [0.1, 0.15) is 0 Å². The molecule has 1 aliphatic heterocycles. The maximum atomic E-state index is 11.5. The Morgan fingerprint density at radius 1 is 1.42 bits per heavy atom. The fourth-order valence-electron chi connectivity index (χ4n) is 1.52. The van der Waals surface area contributed by atoms with E-state index in [1.807, 2.05) is 0 Å². The van der Waals surface area contributed by atoms with E-state index >= 15 is 0 Å². The van der Waals surface area contributed by atoms with Crippen LogP contribution in [0.1, 0.15) is 14.8 Å². The molecule has 19 heavy (non-hydrogen) atoms. The molecule has 1 saturated heterocycles. The largest absolute Gasteiger partial charge is 1.00 e. The van der Waals surface area contributed by atoms with Crippen molar-refractivity contribution in [3.8, 4) is 0 Å². The monoisotopic (exact) mass is 317 g/mol. The van der Waals surface area contributed by atoms with E-state index in [0.717, 1.165) is 13.1 Å². The zero-order valence-electron chi connectivity index (χ0n) is 12.6. The fourth-order valence-corrected chi connectivity index (χ4v) is 2.46. The minimum atomic E-state index is -3.79. The van der Waals surface area contributed by atoms with E-state index in [4.69, 9.17) is 4.74 Å². The first-order chi connectivity index (χ1) is 8.41. The third-order valence-corrected chi connectivity index (χ3v) is 3.72. The summed E-state index contributed by atoms with van der Waals surface area (Å²) < 4.78 is 32.5. The molecule has 6 nitrogen and oxygen atoms in total. The first-order valence-electron chi connectivity index (χ1n) is 5.83. The van der Waals surface area contributed by atoms with Gasteiger partial charge in [-0.25, -0.2) is 4.79 Å². The van der Waals surface area contributed by atoms with Gasteiger partial charge in [0.2, 0.25) is 0 Å². The Labute approximate surface area is 158 Å². The van der Waals surface area contributed by atoms with Crippen LogP contribution in [-0.2, 0) is 23.8 Å². The fraction of sp³-hybridized carbons (Fsp3) is 0.727. The molecule has 106 valence electrons. The van der Waals surface area contributed by atoms with E-state index in [-0.39, 0.29) is 64.1 Å². The average Bonchev–Trinajstić information content (AvgIpc) is 2.29. The second kappa shape index (κ2) is 9.62. The van der Waals surface area contributed by atoms with Crippen molar-refractivity contribution in [2.75, 3.05) is 38.6 Å². The zero-order valence-corrected chi connectivity index (χ0v) is 15.5. The third kappa shape index (κ3) is 8.56. The molecule has 0 spiro atoms. The van der Waals surface area contributed by atoms with Gasteiger partial charge in [-0.05, 0) is 19.9 Å². The SMILES string of the molecule is C=C(C)C(=O)OS(=O)(=O)CCCN1CCOCC1.[H-].[K+]. The van der Waals surface area contributed by atoms with Crippen LogP contribution in [0.3, 0.4) is 0 Å². The molecule has 8 heteroatoms. The van der Waals surface area contributed by atoms with Crippen LogP contribution in [0, 0.1) is 0 Å². The van der Waals surface area contributed by atoms with Crippen molar-refractivity contribution in [3.63, 3.8) is 0 Å². The van der Waals surface area contributed by atoms with E-state index in [2.05, 4.69) is 15.7 Å². The maximum absolute atomic E-state index is 11.5. The normalized spacial score (nSPS) is 16.5. The molecule has 1 aliphatic rings. The van der Waals surface area contributed by atoms with Crippen molar-refractivity contribution in [2.24, 2.45) is 0 Å². The summed E-state index contributed by atoms with van der Waals surface area (Å²) in [5.74, 6) is -1.05. The van der Waals surface area contributed by atoms with Crippen LogP contribution < -0.4 is 51.4 Å². The van der Waals surface area contributed by atoms with Gasteiger partial charge in [0, 0.05) is 18.7 Å². The molecule has 0 radical (unpaired) electrons. The number of morpholine rings is 1. The summed E-state index contributed by atoms with van der Waals surface area (Å²) in [5, 5.41) is 0. The predicted molar refractivity (Wildman–Crippen MR) is 67.7 cm³/mol. The summed E-state index contributed by atoms with van der Waals surface area (Å²) in [5.41, 5.74) is 0.0757. The molecule has 0 saturated carbocycles. The number of nitrogens with zero attached hydrogens (tertiary/aromatic N) is 1. The van der Waals surface area contributed by atoms with Crippen molar-refractivity contribution in [1.29, 1.82) is 0 Å². The average molecular weight is 317 g/mol. The Hall–Kier alpha value is 0.716. The third-order valence-electron chi connectivity index (χ3n) is 2.52. The Balaban J connectivity index is 0. The number of hydrogen-bond acceptors (Lipinski definition) is 6. The van der Waals surface area contributed by atoms with Crippen molar-refractivity contribution < 1.29 is 74.9 Å². The van der Waals surface area contributed by atoms with Crippen LogP contribution in [0.25, 0.3) is 0 Å². The van der Waals surface area contributed by atoms with Gasteiger partial charge < -0.3 is 10.3 Å². The van der Waals surface area contributed by atoms with Gasteiger partial charge in [-0.1, -0.05) is 6.58 Å². The molecule has 0 aromatic rings. The number of ether oxygens (including phenoxy) is 1. The van der Waals surface area contributed by atoms with Gasteiger partial charge in [0.25, 0.3) is 0 Å². The number of rotatable bonds is 6. The van der Waals surface area contributed by atoms with Gasteiger partial charge in [-0.15, -0.1) is 0 Å². The molecule has 0 aromatic carbocycles. The Morgan fingerprint density at radius 3 is 2.53 bits per heavy atom. The van der Waals surface area contributed by atoms with Crippen LogP contribution in [-0.4, -0.2) is 57.9 Å². The van der Waals surface area contributed by atoms with Crippen molar-refractivity contribution >= 4 is 16.1 Å². The first kappa shape index (κ1) is 19.7. The molecule has 0 aliphatic carbocycles. The first-order valence-corrected chi connectivity index (χ1v) is 7.40. The second-order valence-electron chi connectivity index (χ2n) is 4.22. The molecule has 0 unspecified atom stereocenters. The molecule has 1 fully saturated rings. The standard InChI is InChI=1S/C11H19NO5S.K.H/c1-10(2)11(13)17-18(14,15)9-3-4-12-5-7-16-8-6-12;;/h1,3-9H2,2H3;;/q;+1;-1. The summed E-state index contributed by atoms with van der Waals surface area (Å²) in [7, 11) is -3.79. The summed E-state index contributed by atoms with van der Waals surface area (Å²) >= 11 is 0. The Bertz CT molecular complexity index is 409. The molecule has 0 aromatic heterocycles. The number of hydrogen-bond donors (Lipinski definition) is 0. The van der Waals surface area contributed by atoms with Crippen molar-refractivity contribution in [3.05, 3.63) is 12.2 Å². The van der Waals surface area contributed by atoms with E-state index in [9.17, 15) is 13.2 Å². The second-order valence-corrected chi connectivity index (χ2v) is 5.91. The molecule has 0 amide bonds. The topological polar surface area (TPSA) is 72.9 Å². The Morgan fingerprint density at radius 2 is 2.00 bits per heavy atom. The van der Waals surface area contributed by atoms with Gasteiger partial charge >= 0.3 is 67.5 Å². The molecule has 0 atom stereocenters. The summed E-state index contributed by atoms with van der Waals surface area (Å²) in [4.78, 5) is 13.2. The van der Waals surface area contributed by atoms with Crippen LogP contribution in [0.2, 0.25) is 0 Å². The zero-order chi connectivity index (χ0) is 13.6. The number of carbonyl (C=O) groups excluding carboxylic acids is 1. The van der Waals surface area contributed by atoms with E-state index in [1.165, 1.54) is 6.92 Å². The van der Waals surface area contributed by atoms with E-state index < -0.39 is 16.1 Å². The number of carbonyl (C=O) groups is 1. The maximum Gasteiger partial charge on any atom is 1.00 e. The summed E-state index contributed by atoms with van der Waals surface area (Å²) in [6, 6.07) is 0. The molecular weight excluding hydrogens is 297 g/mol. The van der Waals surface area contributed by atoms with Crippen LogP contribution in [0.5, 0.6) is 0 Å². The van der Waals surface area contributed by atoms with Crippen LogP contribution >= 0.6 is 0 Å². The smallest absolute Gasteiger partial charge is 1.00 e. The minimum Gasteiger partial charge on any atom is -1.00 e. The van der Waals surface area contributed by atoms with Gasteiger partial charge in [-0.2, -0.15) is 8.42 Å². The summed E-state index contributed by atoms with van der Waals surface area (Å²) in [6.07, 6.45) is 0.436. The van der Waals surface area contributed by atoms with E-state index in [0.29, 0.717) is 26.2 Å². The molecule has 0 N–H and O–H groups in total. The van der Waals surface area contributed by atoms with Gasteiger partial charge in [0.15, 0.2) is 0 Å². The minimum absolute atomic E-state index is 0. The van der Waals surface area contributed by atoms with Gasteiger partial charge in [-0.3, -0.25) is 4.90 Å². The molecular formula is C11H20KNO5S. The molecule has 1 rings (SSSR count). The molecule has 0 bridgehead atoms. The van der Waals surface area contributed by atoms with Gasteiger partial charge in [0.05, 0.1) is 19.0 Å². The predicted octanol–water partition coefficient (Wildman–Crippen LogP) is -2.73.